The van der Waals surface area contributed by atoms with Crippen LogP contribution in [0.1, 0.15) is 38.3 Å². The fourth-order valence-electron chi connectivity index (χ4n) is 2.68. The molecule has 1 fully saturated rings. The number of hydrogen-bond acceptors (Lipinski definition) is 3. The van der Waals surface area contributed by atoms with Gasteiger partial charge >= 0.3 is 0 Å². The zero-order valence-corrected chi connectivity index (χ0v) is 12.3. The van der Waals surface area contributed by atoms with Gasteiger partial charge in [0.15, 0.2) is 0 Å². The summed E-state index contributed by atoms with van der Waals surface area (Å²) in [5.41, 5.74) is 1.19. The normalized spacial score (nSPS) is 18.1. The molecule has 1 aliphatic rings. The number of likely N-dealkylation sites (N-methyl/N-ethyl adjacent to an activating group) is 1. The van der Waals surface area contributed by atoms with Crippen LogP contribution in [0, 0.1) is 0 Å². The summed E-state index contributed by atoms with van der Waals surface area (Å²) in [6.07, 6.45) is 8.45. The number of hydrogen-bond donors (Lipinski definition) is 1. The average molecular weight is 261 g/mol. The third kappa shape index (κ3) is 4.92. The van der Waals surface area contributed by atoms with E-state index in [2.05, 4.69) is 41.3 Å². The number of rotatable bonds is 7. The first-order valence-electron chi connectivity index (χ1n) is 7.59. The summed E-state index contributed by atoms with van der Waals surface area (Å²) in [7, 11) is 2.21. The minimum atomic E-state index is 0.587. The molecule has 0 saturated heterocycles. The lowest BCUT2D eigenvalue weighted by molar-refractivity contribution is 0.247. The van der Waals surface area contributed by atoms with E-state index in [9.17, 15) is 0 Å². The van der Waals surface area contributed by atoms with Crippen molar-refractivity contribution in [3.05, 3.63) is 30.1 Å². The van der Waals surface area contributed by atoms with E-state index in [1.165, 1.54) is 31.4 Å². The van der Waals surface area contributed by atoms with Crippen LogP contribution < -0.4 is 5.32 Å². The molecule has 1 atom stereocenters. The Morgan fingerprint density at radius 3 is 2.84 bits per heavy atom. The van der Waals surface area contributed by atoms with Gasteiger partial charge < -0.3 is 10.2 Å². The fraction of sp³-hybridized carbons (Fsp3) is 0.688. The molecule has 1 unspecified atom stereocenters. The van der Waals surface area contributed by atoms with E-state index in [0.29, 0.717) is 6.04 Å². The molecule has 0 spiro atoms. The number of nitrogens with zero attached hydrogens (tertiary/aromatic N) is 2. The van der Waals surface area contributed by atoms with Gasteiger partial charge in [-0.3, -0.25) is 4.98 Å². The molecule has 19 heavy (non-hydrogen) atoms. The molecular formula is C16H27N3. The first-order chi connectivity index (χ1) is 9.25. The van der Waals surface area contributed by atoms with Crippen molar-refractivity contribution >= 4 is 0 Å². The van der Waals surface area contributed by atoms with Crippen LogP contribution in [0.5, 0.6) is 0 Å². The highest BCUT2D eigenvalue weighted by atomic mass is 15.1. The minimum Gasteiger partial charge on any atom is -0.312 e. The van der Waals surface area contributed by atoms with E-state index >= 15 is 0 Å². The summed E-state index contributed by atoms with van der Waals surface area (Å²) >= 11 is 0. The lowest BCUT2D eigenvalue weighted by Gasteiger charge is -2.26. The summed E-state index contributed by atoms with van der Waals surface area (Å²) in [4.78, 5) is 6.80. The standard InChI is InChI=1S/C16H27N3/c1-14(13-18-15-7-3-4-8-15)19(2)12-10-16-9-5-6-11-17-16/h5-6,9,11,14-15,18H,3-4,7-8,10,12-13H2,1-2H3. The van der Waals surface area contributed by atoms with E-state index in [-0.39, 0.29) is 0 Å². The van der Waals surface area contributed by atoms with Crippen LogP contribution in [0.2, 0.25) is 0 Å². The van der Waals surface area contributed by atoms with Gasteiger partial charge in [-0.2, -0.15) is 0 Å². The van der Waals surface area contributed by atoms with Crippen molar-refractivity contribution in [2.75, 3.05) is 20.1 Å². The maximum absolute atomic E-state index is 4.38. The third-order valence-electron chi connectivity index (χ3n) is 4.26. The predicted molar refractivity (Wildman–Crippen MR) is 80.3 cm³/mol. The Bertz CT molecular complexity index is 346. The van der Waals surface area contributed by atoms with Crippen molar-refractivity contribution < 1.29 is 0 Å². The maximum atomic E-state index is 4.38. The van der Waals surface area contributed by atoms with E-state index in [1.807, 2.05) is 12.3 Å². The van der Waals surface area contributed by atoms with Crippen LogP contribution in [-0.4, -0.2) is 42.1 Å². The summed E-state index contributed by atoms with van der Waals surface area (Å²) in [5, 5.41) is 3.70. The zero-order chi connectivity index (χ0) is 13.5. The summed E-state index contributed by atoms with van der Waals surface area (Å²) in [5.74, 6) is 0. The molecule has 0 aliphatic heterocycles. The van der Waals surface area contributed by atoms with Crippen LogP contribution in [0.3, 0.4) is 0 Å². The van der Waals surface area contributed by atoms with Gasteiger partial charge in [0, 0.05) is 43.5 Å². The molecule has 106 valence electrons. The van der Waals surface area contributed by atoms with E-state index < -0.39 is 0 Å². The highest BCUT2D eigenvalue weighted by Gasteiger charge is 2.16. The molecular weight excluding hydrogens is 234 g/mol. The summed E-state index contributed by atoms with van der Waals surface area (Å²) in [6, 6.07) is 7.50. The molecule has 3 nitrogen and oxygen atoms in total. The van der Waals surface area contributed by atoms with Gasteiger partial charge in [0.25, 0.3) is 0 Å². The van der Waals surface area contributed by atoms with Gasteiger partial charge in [-0.15, -0.1) is 0 Å². The number of pyridine rings is 1. The van der Waals surface area contributed by atoms with E-state index in [4.69, 9.17) is 0 Å². The van der Waals surface area contributed by atoms with Gasteiger partial charge in [-0.25, -0.2) is 0 Å². The maximum Gasteiger partial charge on any atom is 0.0416 e. The molecule has 1 aromatic heterocycles. The lowest BCUT2D eigenvalue weighted by Crippen LogP contribution is -2.41. The van der Waals surface area contributed by atoms with Crippen LogP contribution >= 0.6 is 0 Å². The Morgan fingerprint density at radius 1 is 1.37 bits per heavy atom. The quantitative estimate of drug-likeness (QED) is 0.817. The molecule has 1 N–H and O–H groups in total. The second kappa shape index (κ2) is 7.61. The summed E-state index contributed by atoms with van der Waals surface area (Å²) < 4.78 is 0. The van der Waals surface area contributed by atoms with Crippen LogP contribution in [0.15, 0.2) is 24.4 Å². The number of nitrogens with one attached hydrogen (secondary N) is 1. The molecule has 1 aromatic rings. The van der Waals surface area contributed by atoms with Gasteiger partial charge in [0.05, 0.1) is 0 Å². The van der Waals surface area contributed by atoms with E-state index in [0.717, 1.165) is 25.6 Å². The van der Waals surface area contributed by atoms with Crippen LogP contribution in [0.4, 0.5) is 0 Å². The Kier molecular flexibility index (Phi) is 5.80. The van der Waals surface area contributed by atoms with Gasteiger partial charge in [-0.1, -0.05) is 18.9 Å². The molecule has 0 aromatic carbocycles. The van der Waals surface area contributed by atoms with Gasteiger partial charge in [0.2, 0.25) is 0 Å². The first kappa shape index (κ1) is 14.5. The SMILES string of the molecule is CC(CNC1CCCC1)N(C)CCc1ccccn1. The fourth-order valence-corrected chi connectivity index (χ4v) is 2.68. The second-order valence-electron chi connectivity index (χ2n) is 5.79. The molecule has 1 heterocycles. The topological polar surface area (TPSA) is 28.2 Å². The number of aromatic nitrogens is 1. The Labute approximate surface area is 117 Å². The minimum absolute atomic E-state index is 0.587. The molecule has 3 heteroatoms. The van der Waals surface area contributed by atoms with Crippen molar-refractivity contribution in [1.82, 2.24) is 15.2 Å². The Morgan fingerprint density at radius 2 is 2.16 bits per heavy atom. The van der Waals surface area contributed by atoms with Gasteiger partial charge in [0.1, 0.15) is 0 Å². The highest BCUT2D eigenvalue weighted by molar-refractivity contribution is 5.03. The van der Waals surface area contributed by atoms with Crippen LogP contribution in [0.25, 0.3) is 0 Å². The highest BCUT2D eigenvalue weighted by Crippen LogP contribution is 2.17. The Balaban J connectivity index is 1.65. The molecule has 0 amide bonds. The molecule has 2 rings (SSSR count). The predicted octanol–water partition coefficient (Wildman–Crippen LogP) is 2.48. The third-order valence-corrected chi connectivity index (χ3v) is 4.26. The van der Waals surface area contributed by atoms with Crippen molar-refractivity contribution in [2.24, 2.45) is 0 Å². The molecule has 1 saturated carbocycles. The zero-order valence-electron chi connectivity index (χ0n) is 12.3. The summed E-state index contributed by atoms with van der Waals surface area (Å²) in [6.45, 7) is 4.48. The van der Waals surface area contributed by atoms with Crippen molar-refractivity contribution in [2.45, 2.75) is 51.1 Å². The van der Waals surface area contributed by atoms with Crippen LogP contribution in [-0.2, 0) is 6.42 Å². The molecule has 1 aliphatic carbocycles. The van der Waals surface area contributed by atoms with Crippen molar-refractivity contribution in [3.63, 3.8) is 0 Å². The Hall–Kier alpha value is -0.930. The lowest BCUT2D eigenvalue weighted by atomic mass is 10.2. The van der Waals surface area contributed by atoms with Crippen molar-refractivity contribution in [1.29, 1.82) is 0 Å². The van der Waals surface area contributed by atoms with Crippen molar-refractivity contribution in [3.8, 4) is 0 Å². The first-order valence-corrected chi connectivity index (χ1v) is 7.59. The largest absolute Gasteiger partial charge is 0.312 e. The second-order valence-corrected chi connectivity index (χ2v) is 5.79. The van der Waals surface area contributed by atoms with E-state index in [1.54, 1.807) is 0 Å². The molecule has 0 bridgehead atoms. The van der Waals surface area contributed by atoms with Gasteiger partial charge in [-0.05, 0) is 38.9 Å². The monoisotopic (exact) mass is 261 g/mol. The smallest absolute Gasteiger partial charge is 0.0416 e. The molecule has 0 radical (unpaired) electrons. The average Bonchev–Trinajstić information content (AvgIpc) is 2.96.